The quantitative estimate of drug-likeness (QED) is 0.561. The summed E-state index contributed by atoms with van der Waals surface area (Å²) in [4.78, 5) is 27.5. The zero-order valence-electron chi connectivity index (χ0n) is 19.5. The van der Waals surface area contributed by atoms with E-state index in [1.54, 1.807) is 37.3 Å². The third-order valence-corrected chi connectivity index (χ3v) is 6.79. The normalized spacial score (nSPS) is 15.1. The Morgan fingerprint density at radius 2 is 1.79 bits per heavy atom. The number of benzene rings is 2. The van der Waals surface area contributed by atoms with Crippen LogP contribution >= 0.6 is 11.6 Å². The molecule has 5 nitrogen and oxygen atoms in total. The second kappa shape index (κ2) is 11.5. The van der Waals surface area contributed by atoms with Gasteiger partial charge in [-0.25, -0.2) is 4.39 Å². The van der Waals surface area contributed by atoms with Crippen LogP contribution in [0.15, 0.2) is 36.4 Å². The molecule has 0 bridgehead atoms. The summed E-state index contributed by atoms with van der Waals surface area (Å²) in [6.45, 7) is 5.12. The van der Waals surface area contributed by atoms with Gasteiger partial charge in [0.15, 0.2) is 6.61 Å². The Balaban J connectivity index is 1.74. The molecule has 1 aliphatic rings. The molecule has 0 radical (unpaired) electrons. The molecule has 1 atom stereocenters. The average Bonchev–Trinajstić information content (AvgIpc) is 2.80. The van der Waals surface area contributed by atoms with Crippen LogP contribution in [-0.4, -0.2) is 35.4 Å². The number of hydrogen-bond acceptors (Lipinski definition) is 3. The molecule has 178 valence electrons. The van der Waals surface area contributed by atoms with Gasteiger partial charge in [0.2, 0.25) is 5.91 Å². The summed E-state index contributed by atoms with van der Waals surface area (Å²) in [7, 11) is 0. The summed E-state index contributed by atoms with van der Waals surface area (Å²) < 4.78 is 20.1. The Bertz CT molecular complexity index is 968. The van der Waals surface area contributed by atoms with Crippen LogP contribution in [0.2, 0.25) is 5.02 Å². The van der Waals surface area contributed by atoms with Crippen molar-refractivity contribution in [3.8, 4) is 5.75 Å². The third-order valence-electron chi connectivity index (χ3n) is 6.19. The van der Waals surface area contributed by atoms with Gasteiger partial charge in [0.05, 0.1) is 0 Å². The van der Waals surface area contributed by atoms with Gasteiger partial charge < -0.3 is 15.0 Å². The number of rotatable bonds is 8. The van der Waals surface area contributed by atoms with E-state index in [1.165, 1.54) is 17.4 Å². The first-order valence-electron chi connectivity index (χ1n) is 11.5. The number of amides is 2. The van der Waals surface area contributed by atoms with Crippen molar-refractivity contribution in [1.29, 1.82) is 0 Å². The van der Waals surface area contributed by atoms with Crippen LogP contribution in [0, 0.1) is 19.7 Å². The van der Waals surface area contributed by atoms with Crippen molar-refractivity contribution >= 4 is 23.4 Å². The molecule has 1 N–H and O–H groups in total. The molecule has 1 aliphatic carbocycles. The van der Waals surface area contributed by atoms with Gasteiger partial charge in [0, 0.05) is 23.2 Å². The zero-order valence-corrected chi connectivity index (χ0v) is 20.3. The van der Waals surface area contributed by atoms with Gasteiger partial charge in [-0.05, 0) is 62.9 Å². The summed E-state index contributed by atoms with van der Waals surface area (Å²) >= 11 is 6.21. The molecule has 3 rings (SSSR count). The Morgan fingerprint density at radius 3 is 2.42 bits per heavy atom. The maximum Gasteiger partial charge on any atom is 0.261 e. The van der Waals surface area contributed by atoms with Crippen molar-refractivity contribution in [2.75, 3.05) is 6.61 Å². The van der Waals surface area contributed by atoms with E-state index in [0.29, 0.717) is 16.3 Å². The Kier molecular flexibility index (Phi) is 8.73. The van der Waals surface area contributed by atoms with Crippen LogP contribution in [-0.2, 0) is 16.1 Å². The van der Waals surface area contributed by atoms with Crippen LogP contribution in [0.4, 0.5) is 4.39 Å². The van der Waals surface area contributed by atoms with E-state index in [0.717, 1.165) is 36.8 Å². The van der Waals surface area contributed by atoms with Gasteiger partial charge in [0.25, 0.3) is 5.91 Å². The summed E-state index contributed by atoms with van der Waals surface area (Å²) in [6, 6.07) is 9.16. The molecule has 2 amide bonds. The summed E-state index contributed by atoms with van der Waals surface area (Å²) in [5.41, 5.74) is 2.05. The summed E-state index contributed by atoms with van der Waals surface area (Å²) in [5, 5.41) is 3.72. The largest absolute Gasteiger partial charge is 0.484 e. The van der Waals surface area contributed by atoms with Crippen molar-refractivity contribution in [2.45, 2.75) is 71.5 Å². The lowest BCUT2D eigenvalue weighted by molar-refractivity contribution is -0.142. The molecule has 0 unspecified atom stereocenters. The molecule has 0 saturated heterocycles. The lowest BCUT2D eigenvalue weighted by Crippen LogP contribution is -2.51. The van der Waals surface area contributed by atoms with Crippen molar-refractivity contribution < 1.29 is 18.7 Å². The molecular formula is C26H32ClFN2O3. The highest BCUT2D eigenvalue weighted by Crippen LogP contribution is 2.26. The van der Waals surface area contributed by atoms with Crippen molar-refractivity contribution in [1.82, 2.24) is 10.2 Å². The minimum Gasteiger partial charge on any atom is -0.484 e. The number of aryl methyl sites for hydroxylation is 2. The fourth-order valence-electron chi connectivity index (χ4n) is 4.18. The number of hydrogen-bond donors (Lipinski definition) is 1. The van der Waals surface area contributed by atoms with Gasteiger partial charge in [-0.3, -0.25) is 9.59 Å². The van der Waals surface area contributed by atoms with Gasteiger partial charge in [0.1, 0.15) is 17.6 Å². The van der Waals surface area contributed by atoms with E-state index in [1.807, 2.05) is 13.8 Å². The average molecular weight is 475 g/mol. The first-order chi connectivity index (χ1) is 15.8. The second-order valence-electron chi connectivity index (χ2n) is 8.79. The molecular weight excluding hydrogens is 443 g/mol. The smallest absolute Gasteiger partial charge is 0.261 e. The first-order valence-corrected chi connectivity index (χ1v) is 11.9. The number of ether oxygens (including phenoxy) is 1. The van der Waals surface area contributed by atoms with Crippen molar-refractivity contribution in [3.63, 3.8) is 0 Å². The van der Waals surface area contributed by atoms with Crippen molar-refractivity contribution in [2.24, 2.45) is 0 Å². The van der Waals surface area contributed by atoms with E-state index in [2.05, 4.69) is 5.32 Å². The molecule has 0 heterocycles. The summed E-state index contributed by atoms with van der Waals surface area (Å²) in [6.07, 6.45) is 5.24. The van der Waals surface area contributed by atoms with Crippen LogP contribution in [0.1, 0.15) is 55.7 Å². The Hall–Kier alpha value is -2.60. The molecule has 0 aliphatic heterocycles. The highest BCUT2D eigenvalue weighted by molar-refractivity contribution is 6.32. The molecule has 2 aromatic rings. The number of halogens is 2. The predicted octanol–water partition coefficient (Wildman–Crippen LogP) is 5.34. The van der Waals surface area contributed by atoms with E-state index in [9.17, 15) is 14.0 Å². The fraction of sp³-hybridized carbons (Fsp3) is 0.462. The maximum absolute atomic E-state index is 14.3. The highest BCUT2D eigenvalue weighted by Gasteiger charge is 2.29. The van der Waals surface area contributed by atoms with Crippen LogP contribution in [0.25, 0.3) is 0 Å². The lowest BCUT2D eigenvalue weighted by atomic mass is 9.95. The monoisotopic (exact) mass is 474 g/mol. The van der Waals surface area contributed by atoms with E-state index >= 15 is 0 Å². The number of nitrogens with one attached hydrogen (secondary N) is 1. The molecule has 0 aromatic heterocycles. The van der Waals surface area contributed by atoms with Gasteiger partial charge >= 0.3 is 0 Å². The zero-order chi connectivity index (χ0) is 24.0. The summed E-state index contributed by atoms with van der Waals surface area (Å²) in [5.74, 6) is -0.521. The maximum atomic E-state index is 14.3. The molecule has 1 saturated carbocycles. The highest BCUT2D eigenvalue weighted by atomic mass is 35.5. The van der Waals surface area contributed by atoms with E-state index in [-0.39, 0.29) is 25.1 Å². The molecule has 7 heteroatoms. The number of carbonyl (C=O) groups excluding carboxylic acids is 2. The lowest BCUT2D eigenvalue weighted by Gasteiger charge is -2.31. The Labute approximate surface area is 200 Å². The number of nitrogens with zero attached hydrogens (tertiary/aromatic N) is 1. The molecule has 2 aromatic carbocycles. The minimum absolute atomic E-state index is 0.0210. The van der Waals surface area contributed by atoms with E-state index in [4.69, 9.17) is 16.3 Å². The second-order valence-corrected chi connectivity index (χ2v) is 9.17. The molecule has 1 fully saturated rings. The standard InChI is InChI=1S/C26H32ClFN2O3/c1-17-13-22(14-18(2)25(17)27)33-16-24(31)30(15-20-9-7-8-12-23(20)28)19(3)26(32)29-21-10-5-4-6-11-21/h7-9,12-14,19,21H,4-6,10-11,15-16H2,1-3H3,(H,29,32)/t19-/m0/s1. The topological polar surface area (TPSA) is 58.6 Å². The SMILES string of the molecule is Cc1cc(OCC(=O)N(Cc2ccccc2F)[C@@H](C)C(=O)NC2CCCCC2)cc(C)c1Cl. The van der Waals surface area contributed by atoms with Crippen LogP contribution in [0.5, 0.6) is 5.75 Å². The number of carbonyl (C=O) groups is 2. The van der Waals surface area contributed by atoms with E-state index < -0.39 is 17.8 Å². The van der Waals surface area contributed by atoms with Crippen LogP contribution < -0.4 is 10.1 Å². The predicted molar refractivity (Wildman–Crippen MR) is 128 cm³/mol. The fourth-order valence-corrected chi connectivity index (χ4v) is 4.29. The Morgan fingerprint density at radius 1 is 1.15 bits per heavy atom. The molecule has 0 spiro atoms. The van der Waals surface area contributed by atoms with Gasteiger partial charge in [-0.15, -0.1) is 0 Å². The first kappa shape index (κ1) is 25.0. The van der Waals surface area contributed by atoms with Gasteiger partial charge in [-0.1, -0.05) is 49.1 Å². The van der Waals surface area contributed by atoms with Gasteiger partial charge in [-0.2, -0.15) is 0 Å². The minimum atomic E-state index is -0.767. The van der Waals surface area contributed by atoms with Crippen LogP contribution in [0.3, 0.4) is 0 Å². The third kappa shape index (κ3) is 6.70. The van der Waals surface area contributed by atoms with Crippen molar-refractivity contribution in [3.05, 3.63) is 63.9 Å². The molecule has 33 heavy (non-hydrogen) atoms.